The molecule has 0 bridgehead atoms. The fourth-order valence-corrected chi connectivity index (χ4v) is 2.10. The Hall–Kier alpha value is -2.70. The first kappa shape index (κ1) is 12.3. The van der Waals surface area contributed by atoms with E-state index >= 15 is 0 Å². The molecule has 2 N–H and O–H groups in total. The molecule has 7 heteroatoms. The van der Waals surface area contributed by atoms with E-state index in [0.29, 0.717) is 18.1 Å². The van der Waals surface area contributed by atoms with Crippen LogP contribution in [0, 0.1) is 5.92 Å². The van der Waals surface area contributed by atoms with Crippen LogP contribution < -0.4 is 10.6 Å². The number of hydrogen-bond donors (Lipinski definition) is 2. The van der Waals surface area contributed by atoms with Gasteiger partial charge >= 0.3 is 0 Å². The van der Waals surface area contributed by atoms with Gasteiger partial charge in [0.25, 0.3) is 0 Å². The Kier molecular flexibility index (Phi) is 3.16. The van der Waals surface area contributed by atoms with Crippen molar-refractivity contribution in [1.29, 1.82) is 0 Å². The maximum atomic E-state index is 12.1. The summed E-state index contributed by atoms with van der Waals surface area (Å²) in [6.07, 6.45) is 5.25. The predicted octanol–water partition coefficient (Wildman–Crippen LogP) is 0.342. The topological polar surface area (TPSA) is 88.9 Å². The van der Waals surface area contributed by atoms with E-state index in [1.54, 1.807) is 41.5 Å². The third-order valence-corrected chi connectivity index (χ3v) is 3.11. The number of nitrogens with one attached hydrogen (secondary N) is 2. The average molecular weight is 271 g/mol. The maximum absolute atomic E-state index is 12.1. The number of anilines is 1. The van der Waals surface area contributed by atoms with Crippen LogP contribution in [0.3, 0.4) is 0 Å². The minimum Gasteiger partial charge on any atom is -0.355 e. The van der Waals surface area contributed by atoms with Crippen LogP contribution in [-0.2, 0) is 9.59 Å². The van der Waals surface area contributed by atoms with Gasteiger partial charge in [-0.3, -0.25) is 9.59 Å². The molecule has 0 aromatic carbocycles. The molecule has 7 nitrogen and oxygen atoms in total. The molecular formula is C13H13N5O2. The highest BCUT2D eigenvalue weighted by molar-refractivity contribution is 5.98. The second kappa shape index (κ2) is 5.12. The largest absolute Gasteiger partial charge is 0.355 e. The summed E-state index contributed by atoms with van der Waals surface area (Å²) < 4.78 is 1.58. The molecule has 1 aliphatic rings. The third kappa shape index (κ3) is 2.37. The van der Waals surface area contributed by atoms with Crippen molar-refractivity contribution in [1.82, 2.24) is 20.1 Å². The number of carbonyl (C=O) groups excluding carboxylic acids is 2. The highest BCUT2D eigenvalue weighted by atomic mass is 16.2. The minimum absolute atomic E-state index is 0.0939. The standard InChI is InChI=1S/C13H13N5O2/c19-11-7-9(8-15-11)13(20)17-10-3-1-4-14-12(10)18-6-2-5-16-18/h1-6,9H,7-8H2,(H,15,19)(H,17,20). The zero-order chi connectivity index (χ0) is 13.9. The second-order valence-electron chi connectivity index (χ2n) is 4.52. The van der Waals surface area contributed by atoms with E-state index in [2.05, 4.69) is 20.7 Å². The van der Waals surface area contributed by atoms with Crippen LogP contribution >= 0.6 is 0 Å². The van der Waals surface area contributed by atoms with E-state index in [-0.39, 0.29) is 24.2 Å². The van der Waals surface area contributed by atoms with E-state index in [4.69, 9.17) is 0 Å². The summed E-state index contributed by atoms with van der Waals surface area (Å²) in [4.78, 5) is 27.5. The molecule has 102 valence electrons. The number of pyridine rings is 1. The van der Waals surface area contributed by atoms with Gasteiger partial charge in [-0.05, 0) is 18.2 Å². The summed E-state index contributed by atoms with van der Waals surface area (Å²) in [5.74, 6) is -0.0790. The van der Waals surface area contributed by atoms with Gasteiger partial charge in [-0.2, -0.15) is 5.10 Å². The van der Waals surface area contributed by atoms with Crippen molar-refractivity contribution in [2.24, 2.45) is 5.92 Å². The number of amides is 2. The Morgan fingerprint density at radius 2 is 2.30 bits per heavy atom. The van der Waals surface area contributed by atoms with E-state index in [1.165, 1.54) is 0 Å². The van der Waals surface area contributed by atoms with Gasteiger partial charge in [0.05, 0.1) is 11.6 Å². The van der Waals surface area contributed by atoms with Gasteiger partial charge in [0.15, 0.2) is 5.82 Å². The molecule has 0 aliphatic carbocycles. The van der Waals surface area contributed by atoms with Crippen molar-refractivity contribution in [3.05, 3.63) is 36.8 Å². The molecule has 2 aromatic heterocycles. The summed E-state index contributed by atoms with van der Waals surface area (Å²) >= 11 is 0. The quantitative estimate of drug-likeness (QED) is 0.842. The van der Waals surface area contributed by atoms with Gasteiger partial charge in [-0.15, -0.1) is 0 Å². The molecule has 0 radical (unpaired) electrons. The lowest BCUT2D eigenvalue weighted by Crippen LogP contribution is -2.25. The van der Waals surface area contributed by atoms with Crippen LogP contribution in [0.4, 0.5) is 5.69 Å². The maximum Gasteiger partial charge on any atom is 0.229 e. The van der Waals surface area contributed by atoms with Gasteiger partial charge in [0, 0.05) is 31.6 Å². The zero-order valence-electron chi connectivity index (χ0n) is 10.6. The number of hydrogen-bond acceptors (Lipinski definition) is 4. The molecule has 1 unspecified atom stereocenters. The molecule has 20 heavy (non-hydrogen) atoms. The summed E-state index contributed by atoms with van der Waals surface area (Å²) in [5, 5.41) is 9.55. The summed E-state index contributed by atoms with van der Waals surface area (Å²) in [5.41, 5.74) is 0.570. The first-order valence-corrected chi connectivity index (χ1v) is 6.26. The Morgan fingerprint density at radius 1 is 1.40 bits per heavy atom. The number of carbonyl (C=O) groups is 2. The third-order valence-electron chi connectivity index (χ3n) is 3.11. The van der Waals surface area contributed by atoms with Crippen molar-refractivity contribution >= 4 is 17.5 Å². The van der Waals surface area contributed by atoms with Crippen molar-refractivity contribution in [3.8, 4) is 5.82 Å². The average Bonchev–Trinajstić information content (AvgIpc) is 3.10. The van der Waals surface area contributed by atoms with Gasteiger partial charge in [0.1, 0.15) is 0 Å². The zero-order valence-corrected chi connectivity index (χ0v) is 10.6. The Bertz CT molecular complexity index is 638. The first-order valence-electron chi connectivity index (χ1n) is 6.26. The second-order valence-corrected chi connectivity index (χ2v) is 4.52. The monoisotopic (exact) mass is 271 g/mol. The van der Waals surface area contributed by atoms with Crippen LogP contribution in [-0.4, -0.2) is 33.1 Å². The minimum atomic E-state index is -0.340. The molecule has 3 heterocycles. The Balaban J connectivity index is 1.81. The van der Waals surface area contributed by atoms with Crippen molar-refractivity contribution < 1.29 is 9.59 Å². The van der Waals surface area contributed by atoms with Gasteiger partial charge in [0.2, 0.25) is 11.8 Å². The molecule has 1 atom stereocenters. The van der Waals surface area contributed by atoms with Crippen LogP contribution in [0.25, 0.3) is 5.82 Å². The van der Waals surface area contributed by atoms with Gasteiger partial charge in [-0.25, -0.2) is 9.67 Å². The lowest BCUT2D eigenvalue weighted by molar-refractivity contribution is -0.123. The summed E-state index contributed by atoms with van der Waals surface area (Å²) in [6.45, 7) is 0.377. The lowest BCUT2D eigenvalue weighted by Gasteiger charge is -2.12. The SMILES string of the molecule is O=C1CC(C(=O)Nc2cccnc2-n2cccn2)CN1. The Labute approximate surface area is 115 Å². The molecule has 2 aromatic rings. The molecule has 1 saturated heterocycles. The number of nitrogens with zero attached hydrogens (tertiary/aromatic N) is 3. The van der Waals surface area contributed by atoms with E-state index in [1.807, 2.05) is 0 Å². The van der Waals surface area contributed by atoms with E-state index in [9.17, 15) is 9.59 Å². The highest BCUT2D eigenvalue weighted by Gasteiger charge is 2.28. The molecule has 0 saturated carbocycles. The van der Waals surface area contributed by atoms with Crippen LogP contribution in [0.5, 0.6) is 0 Å². The van der Waals surface area contributed by atoms with E-state index in [0.717, 1.165) is 0 Å². The van der Waals surface area contributed by atoms with Gasteiger partial charge < -0.3 is 10.6 Å². The smallest absolute Gasteiger partial charge is 0.229 e. The summed E-state index contributed by atoms with van der Waals surface area (Å²) in [7, 11) is 0. The number of rotatable bonds is 3. The van der Waals surface area contributed by atoms with Crippen molar-refractivity contribution in [2.75, 3.05) is 11.9 Å². The fraction of sp³-hybridized carbons (Fsp3) is 0.231. The van der Waals surface area contributed by atoms with Crippen LogP contribution in [0.2, 0.25) is 0 Å². The van der Waals surface area contributed by atoms with E-state index < -0.39 is 0 Å². The van der Waals surface area contributed by atoms with Crippen LogP contribution in [0.1, 0.15) is 6.42 Å². The van der Waals surface area contributed by atoms with Crippen LogP contribution in [0.15, 0.2) is 36.8 Å². The molecular weight excluding hydrogens is 258 g/mol. The number of aromatic nitrogens is 3. The molecule has 0 spiro atoms. The molecule has 1 aliphatic heterocycles. The predicted molar refractivity (Wildman–Crippen MR) is 71.1 cm³/mol. The normalized spacial score (nSPS) is 17.8. The lowest BCUT2D eigenvalue weighted by atomic mass is 10.1. The Morgan fingerprint density at radius 3 is 3.00 bits per heavy atom. The molecule has 1 fully saturated rings. The van der Waals surface area contributed by atoms with Crippen molar-refractivity contribution in [2.45, 2.75) is 6.42 Å². The summed E-state index contributed by atoms with van der Waals surface area (Å²) in [6, 6.07) is 5.27. The van der Waals surface area contributed by atoms with Gasteiger partial charge in [-0.1, -0.05) is 0 Å². The fourth-order valence-electron chi connectivity index (χ4n) is 2.10. The highest BCUT2D eigenvalue weighted by Crippen LogP contribution is 2.18. The van der Waals surface area contributed by atoms with Crippen molar-refractivity contribution in [3.63, 3.8) is 0 Å². The first-order chi connectivity index (χ1) is 9.74. The molecule has 3 rings (SSSR count). The molecule has 2 amide bonds.